The first-order valence-corrected chi connectivity index (χ1v) is 7.58. The van der Waals surface area contributed by atoms with E-state index in [4.69, 9.17) is 14.3 Å². The van der Waals surface area contributed by atoms with Gasteiger partial charge in [0.2, 0.25) is 5.76 Å². The molecule has 0 saturated carbocycles. The summed E-state index contributed by atoms with van der Waals surface area (Å²) in [4.78, 5) is 22.6. The molecule has 0 aliphatic heterocycles. The second kappa shape index (κ2) is 7.21. The van der Waals surface area contributed by atoms with Gasteiger partial charge in [-0.3, -0.25) is 4.79 Å². The Kier molecular flexibility index (Phi) is 5.28. The Hall–Kier alpha value is -2.76. The lowest BCUT2D eigenvalue weighted by Gasteiger charge is -2.22. The molecule has 1 aromatic carbocycles. The molecule has 0 aliphatic carbocycles. The smallest absolute Gasteiger partial charge is 0.371 e. The number of amides is 1. The summed E-state index contributed by atoms with van der Waals surface area (Å²) in [6.07, 6.45) is 0. The summed E-state index contributed by atoms with van der Waals surface area (Å²) in [5, 5.41) is 11.4. The van der Waals surface area contributed by atoms with Gasteiger partial charge in [0.1, 0.15) is 11.5 Å². The molecule has 1 amide bonds. The first-order valence-electron chi connectivity index (χ1n) is 7.58. The highest BCUT2D eigenvalue weighted by Crippen LogP contribution is 2.30. The molecule has 6 nitrogen and oxygen atoms in total. The number of carbonyl (C=O) groups excluding carboxylic acids is 1. The van der Waals surface area contributed by atoms with E-state index in [-0.39, 0.29) is 30.2 Å². The van der Waals surface area contributed by atoms with Crippen LogP contribution in [-0.2, 0) is 16.8 Å². The van der Waals surface area contributed by atoms with Gasteiger partial charge in [0, 0.05) is 0 Å². The average Bonchev–Trinajstić information content (AvgIpc) is 2.99. The molecular formula is C18H21NO5. The zero-order valence-electron chi connectivity index (χ0n) is 14.0. The normalized spacial score (nSPS) is 11.1. The Morgan fingerprint density at radius 2 is 1.88 bits per heavy atom. The van der Waals surface area contributed by atoms with Crippen molar-refractivity contribution in [1.29, 1.82) is 0 Å². The molecule has 2 rings (SSSR count). The van der Waals surface area contributed by atoms with E-state index < -0.39 is 5.97 Å². The molecule has 0 saturated heterocycles. The standard InChI is InChI=1S/C18H21NO5/c1-18(2,3)13-6-4-5-7-14(13)23-11-16(20)19-10-12-8-9-15(24-12)17(21)22/h4-9H,10-11H2,1-3H3,(H,19,20)(H,21,22). The number of furan rings is 1. The Morgan fingerprint density at radius 3 is 2.50 bits per heavy atom. The summed E-state index contributed by atoms with van der Waals surface area (Å²) in [6, 6.07) is 10.5. The summed E-state index contributed by atoms with van der Waals surface area (Å²) in [6.45, 7) is 6.21. The molecule has 0 unspecified atom stereocenters. The molecule has 0 aliphatic rings. The van der Waals surface area contributed by atoms with E-state index in [1.54, 1.807) is 0 Å². The molecule has 0 spiro atoms. The average molecular weight is 331 g/mol. The lowest BCUT2D eigenvalue weighted by atomic mass is 9.86. The van der Waals surface area contributed by atoms with Crippen LogP contribution in [0.25, 0.3) is 0 Å². The number of carboxylic acids is 1. The van der Waals surface area contributed by atoms with Crippen molar-refractivity contribution < 1.29 is 23.8 Å². The number of para-hydroxylation sites is 1. The van der Waals surface area contributed by atoms with E-state index >= 15 is 0 Å². The van der Waals surface area contributed by atoms with Crippen LogP contribution in [0.5, 0.6) is 5.75 Å². The van der Waals surface area contributed by atoms with Crippen LogP contribution in [0.3, 0.4) is 0 Å². The number of carboxylic acid groups (broad SMARTS) is 1. The van der Waals surface area contributed by atoms with Crippen LogP contribution < -0.4 is 10.1 Å². The Labute approximate surface area is 140 Å². The summed E-state index contributed by atoms with van der Waals surface area (Å²) in [5.41, 5.74) is 0.934. The van der Waals surface area contributed by atoms with Crippen molar-refractivity contribution in [3.8, 4) is 5.75 Å². The Morgan fingerprint density at radius 1 is 1.17 bits per heavy atom. The van der Waals surface area contributed by atoms with E-state index in [0.717, 1.165) is 5.56 Å². The van der Waals surface area contributed by atoms with Crippen LogP contribution in [-0.4, -0.2) is 23.6 Å². The molecule has 0 radical (unpaired) electrons. The Bertz CT molecular complexity index is 727. The Balaban J connectivity index is 1.88. The maximum absolute atomic E-state index is 11.9. The summed E-state index contributed by atoms with van der Waals surface area (Å²) < 4.78 is 10.7. The molecule has 24 heavy (non-hydrogen) atoms. The predicted molar refractivity (Wildman–Crippen MR) is 88.2 cm³/mol. The van der Waals surface area contributed by atoms with E-state index in [0.29, 0.717) is 11.5 Å². The monoisotopic (exact) mass is 331 g/mol. The zero-order chi connectivity index (χ0) is 17.7. The maximum Gasteiger partial charge on any atom is 0.371 e. The summed E-state index contributed by atoms with van der Waals surface area (Å²) in [7, 11) is 0. The first-order chi connectivity index (χ1) is 11.3. The number of hydrogen-bond acceptors (Lipinski definition) is 4. The fourth-order valence-corrected chi connectivity index (χ4v) is 2.18. The molecule has 6 heteroatoms. The number of hydrogen-bond donors (Lipinski definition) is 2. The van der Waals surface area contributed by atoms with Crippen molar-refractivity contribution >= 4 is 11.9 Å². The van der Waals surface area contributed by atoms with Gasteiger partial charge < -0.3 is 19.6 Å². The van der Waals surface area contributed by atoms with Crippen LogP contribution >= 0.6 is 0 Å². The number of rotatable bonds is 6. The van der Waals surface area contributed by atoms with Gasteiger partial charge in [-0.15, -0.1) is 0 Å². The van der Waals surface area contributed by atoms with Gasteiger partial charge in [-0.2, -0.15) is 0 Å². The molecule has 0 atom stereocenters. The van der Waals surface area contributed by atoms with Crippen LogP contribution in [0, 0.1) is 0 Å². The molecule has 1 aromatic heterocycles. The quantitative estimate of drug-likeness (QED) is 0.849. The van der Waals surface area contributed by atoms with Crippen LogP contribution in [0.15, 0.2) is 40.8 Å². The molecule has 2 N–H and O–H groups in total. The second-order valence-electron chi connectivity index (χ2n) is 6.38. The van der Waals surface area contributed by atoms with Gasteiger partial charge in [0.05, 0.1) is 6.54 Å². The number of carbonyl (C=O) groups is 2. The second-order valence-corrected chi connectivity index (χ2v) is 6.38. The fourth-order valence-electron chi connectivity index (χ4n) is 2.18. The third-order valence-electron chi connectivity index (χ3n) is 3.39. The highest BCUT2D eigenvalue weighted by molar-refractivity contribution is 5.84. The highest BCUT2D eigenvalue weighted by Gasteiger charge is 2.19. The molecule has 2 aromatic rings. The lowest BCUT2D eigenvalue weighted by molar-refractivity contribution is -0.123. The third-order valence-corrected chi connectivity index (χ3v) is 3.39. The molecule has 128 valence electrons. The number of ether oxygens (including phenoxy) is 1. The van der Waals surface area contributed by atoms with E-state index in [1.807, 2.05) is 24.3 Å². The van der Waals surface area contributed by atoms with Crippen molar-refractivity contribution in [2.45, 2.75) is 32.7 Å². The molecule has 1 heterocycles. The third kappa shape index (κ3) is 4.62. The van der Waals surface area contributed by atoms with Gasteiger partial charge in [0.25, 0.3) is 5.91 Å². The van der Waals surface area contributed by atoms with Crippen molar-refractivity contribution in [1.82, 2.24) is 5.32 Å². The van der Waals surface area contributed by atoms with Crippen LogP contribution in [0.4, 0.5) is 0 Å². The molecule has 0 bridgehead atoms. The topological polar surface area (TPSA) is 88.8 Å². The van der Waals surface area contributed by atoms with E-state index in [2.05, 4.69) is 26.1 Å². The largest absolute Gasteiger partial charge is 0.483 e. The predicted octanol–water partition coefficient (Wildman–Crippen LogP) is 2.97. The van der Waals surface area contributed by atoms with Crippen molar-refractivity contribution in [3.63, 3.8) is 0 Å². The van der Waals surface area contributed by atoms with Gasteiger partial charge >= 0.3 is 5.97 Å². The van der Waals surface area contributed by atoms with Gasteiger partial charge in [-0.05, 0) is 29.2 Å². The summed E-state index contributed by atoms with van der Waals surface area (Å²) >= 11 is 0. The fraction of sp³-hybridized carbons (Fsp3) is 0.333. The summed E-state index contributed by atoms with van der Waals surface area (Å²) in [5.74, 6) is -0.571. The van der Waals surface area contributed by atoms with Gasteiger partial charge in [-0.25, -0.2) is 4.79 Å². The number of benzene rings is 1. The van der Waals surface area contributed by atoms with Crippen molar-refractivity contribution in [2.24, 2.45) is 0 Å². The van der Waals surface area contributed by atoms with E-state index in [9.17, 15) is 9.59 Å². The minimum absolute atomic E-state index is 0.0888. The highest BCUT2D eigenvalue weighted by atomic mass is 16.5. The minimum Gasteiger partial charge on any atom is -0.483 e. The van der Waals surface area contributed by atoms with E-state index in [1.165, 1.54) is 12.1 Å². The zero-order valence-corrected chi connectivity index (χ0v) is 14.0. The molecular weight excluding hydrogens is 310 g/mol. The van der Waals surface area contributed by atoms with Crippen LogP contribution in [0.1, 0.15) is 42.6 Å². The molecule has 0 fully saturated rings. The maximum atomic E-state index is 11.9. The van der Waals surface area contributed by atoms with Crippen molar-refractivity contribution in [3.05, 3.63) is 53.5 Å². The van der Waals surface area contributed by atoms with Gasteiger partial charge in [-0.1, -0.05) is 39.0 Å². The number of nitrogens with one attached hydrogen (secondary N) is 1. The number of aromatic carboxylic acids is 1. The lowest BCUT2D eigenvalue weighted by Crippen LogP contribution is -2.28. The first kappa shape index (κ1) is 17.6. The van der Waals surface area contributed by atoms with Gasteiger partial charge in [0.15, 0.2) is 6.61 Å². The van der Waals surface area contributed by atoms with Crippen molar-refractivity contribution in [2.75, 3.05) is 6.61 Å². The minimum atomic E-state index is -1.14. The SMILES string of the molecule is CC(C)(C)c1ccccc1OCC(=O)NCc1ccc(C(=O)O)o1. The van der Waals surface area contributed by atoms with Crippen LogP contribution in [0.2, 0.25) is 0 Å².